The van der Waals surface area contributed by atoms with Crippen molar-refractivity contribution in [2.24, 2.45) is 0 Å². The van der Waals surface area contributed by atoms with E-state index < -0.39 is 0 Å². The molecule has 0 saturated heterocycles. The summed E-state index contributed by atoms with van der Waals surface area (Å²) in [5, 5.41) is 3.34. The van der Waals surface area contributed by atoms with Gasteiger partial charge in [0, 0.05) is 31.3 Å². The van der Waals surface area contributed by atoms with Gasteiger partial charge in [0.15, 0.2) is 0 Å². The summed E-state index contributed by atoms with van der Waals surface area (Å²) in [6, 6.07) is 6.97. The Morgan fingerprint density at radius 3 is 2.68 bits per heavy atom. The Labute approximate surface area is 115 Å². The molecule has 0 amide bonds. The lowest BCUT2D eigenvalue weighted by molar-refractivity contribution is 0.119. The molecule has 1 unspecified atom stereocenters. The summed E-state index contributed by atoms with van der Waals surface area (Å²) in [6.45, 7) is 7.90. The average molecular weight is 268 g/mol. The van der Waals surface area contributed by atoms with E-state index in [-0.39, 0.29) is 11.9 Å². The minimum atomic E-state index is -0.147. The third kappa shape index (κ3) is 5.68. The van der Waals surface area contributed by atoms with Crippen molar-refractivity contribution < 1.29 is 9.13 Å². The van der Waals surface area contributed by atoms with E-state index in [0.29, 0.717) is 6.61 Å². The molecular formula is C15H25FN2O. The third-order valence-electron chi connectivity index (χ3n) is 3.05. The predicted molar refractivity (Wildman–Crippen MR) is 76.8 cm³/mol. The summed E-state index contributed by atoms with van der Waals surface area (Å²) in [6.07, 6.45) is 0. The van der Waals surface area contributed by atoms with Crippen LogP contribution in [0.4, 0.5) is 4.39 Å². The van der Waals surface area contributed by atoms with Crippen molar-refractivity contribution in [3.63, 3.8) is 0 Å². The van der Waals surface area contributed by atoms with Crippen molar-refractivity contribution in [1.29, 1.82) is 0 Å². The van der Waals surface area contributed by atoms with Gasteiger partial charge in [-0.05, 0) is 26.6 Å². The van der Waals surface area contributed by atoms with Gasteiger partial charge in [-0.3, -0.25) is 0 Å². The summed E-state index contributed by atoms with van der Waals surface area (Å²) in [7, 11) is 2.03. The van der Waals surface area contributed by atoms with Crippen molar-refractivity contribution >= 4 is 0 Å². The van der Waals surface area contributed by atoms with Crippen LogP contribution in [0.25, 0.3) is 0 Å². The van der Waals surface area contributed by atoms with E-state index in [9.17, 15) is 4.39 Å². The second-order valence-corrected chi connectivity index (χ2v) is 4.59. The predicted octanol–water partition coefficient (Wildman–Crippen LogP) is 2.44. The lowest BCUT2D eigenvalue weighted by Crippen LogP contribution is -2.35. The molecule has 0 aliphatic heterocycles. The summed E-state index contributed by atoms with van der Waals surface area (Å²) in [5.74, 6) is -0.147. The first-order valence-corrected chi connectivity index (χ1v) is 6.93. The highest BCUT2D eigenvalue weighted by molar-refractivity contribution is 5.21. The molecule has 0 heterocycles. The molecule has 1 rings (SSSR count). The molecule has 1 aromatic carbocycles. The molecule has 0 saturated carbocycles. The minimum absolute atomic E-state index is 0.0119. The zero-order valence-electron chi connectivity index (χ0n) is 12.2. The number of nitrogens with zero attached hydrogens (tertiary/aromatic N) is 1. The smallest absolute Gasteiger partial charge is 0.128 e. The molecule has 1 aromatic rings. The quantitative estimate of drug-likeness (QED) is 0.696. The van der Waals surface area contributed by atoms with Crippen LogP contribution in [0, 0.1) is 5.82 Å². The average Bonchev–Trinajstić information content (AvgIpc) is 2.39. The lowest BCUT2D eigenvalue weighted by atomic mass is 10.1. The number of likely N-dealkylation sites (N-methyl/N-ethyl adjacent to an activating group) is 2. The topological polar surface area (TPSA) is 24.5 Å². The van der Waals surface area contributed by atoms with Crippen molar-refractivity contribution in [3.8, 4) is 0 Å². The Kier molecular flexibility index (Phi) is 7.63. The highest BCUT2D eigenvalue weighted by atomic mass is 19.1. The SMILES string of the molecule is CCNC(CN(C)CCOCC)c1ccccc1F. The molecule has 1 N–H and O–H groups in total. The molecule has 4 heteroatoms. The van der Waals surface area contributed by atoms with E-state index in [4.69, 9.17) is 4.74 Å². The molecule has 0 aliphatic carbocycles. The molecule has 0 bridgehead atoms. The van der Waals surface area contributed by atoms with Crippen LogP contribution in [0.5, 0.6) is 0 Å². The van der Waals surface area contributed by atoms with E-state index >= 15 is 0 Å². The fourth-order valence-corrected chi connectivity index (χ4v) is 2.04. The summed E-state index contributed by atoms with van der Waals surface area (Å²) >= 11 is 0. The van der Waals surface area contributed by atoms with E-state index in [2.05, 4.69) is 10.2 Å². The maximum atomic E-state index is 13.8. The van der Waals surface area contributed by atoms with Gasteiger partial charge in [-0.1, -0.05) is 25.1 Å². The molecule has 0 spiro atoms. The van der Waals surface area contributed by atoms with Gasteiger partial charge >= 0.3 is 0 Å². The fourth-order valence-electron chi connectivity index (χ4n) is 2.04. The van der Waals surface area contributed by atoms with Crippen molar-refractivity contribution in [1.82, 2.24) is 10.2 Å². The van der Waals surface area contributed by atoms with Gasteiger partial charge < -0.3 is 15.0 Å². The van der Waals surface area contributed by atoms with Gasteiger partial charge in [-0.2, -0.15) is 0 Å². The normalized spacial score (nSPS) is 12.9. The van der Waals surface area contributed by atoms with E-state index in [1.165, 1.54) is 6.07 Å². The van der Waals surface area contributed by atoms with Crippen LogP contribution < -0.4 is 5.32 Å². The second-order valence-electron chi connectivity index (χ2n) is 4.59. The van der Waals surface area contributed by atoms with Crippen molar-refractivity contribution in [2.45, 2.75) is 19.9 Å². The Morgan fingerprint density at radius 2 is 2.05 bits per heavy atom. The first kappa shape index (κ1) is 16.1. The monoisotopic (exact) mass is 268 g/mol. The second kappa shape index (κ2) is 9.02. The number of nitrogens with one attached hydrogen (secondary N) is 1. The molecule has 0 aromatic heterocycles. The Morgan fingerprint density at radius 1 is 1.32 bits per heavy atom. The molecule has 1 atom stereocenters. The summed E-state index contributed by atoms with van der Waals surface area (Å²) in [5.41, 5.74) is 0.729. The van der Waals surface area contributed by atoms with E-state index in [1.54, 1.807) is 6.07 Å². The van der Waals surface area contributed by atoms with Crippen LogP contribution in [0.2, 0.25) is 0 Å². The number of rotatable bonds is 9. The number of hydrogen-bond acceptors (Lipinski definition) is 3. The highest BCUT2D eigenvalue weighted by Gasteiger charge is 2.16. The largest absolute Gasteiger partial charge is 0.380 e. The van der Waals surface area contributed by atoms with Gasteiger partial charge in [-0.25, -0.2) is 4.39 Å². The fraction of sp³-hybridized carbons (Fsp3) is 0.600. The van der Waals surface area contributed by atoms with Crippen LogP contribution in [-0.4, -0.2) is 44.8 Å². The third-order valence-corrected chi connectivity index (χ3v) is 3.05. The Balaban J connectivity index is 2.60. The van der Waals surface area contributed by atoms with E-state index in [0.717, 1.165) is 31.8 Å². The molecule has 0 fully saturated rings. The molecule has 108 valence electrons. The van der Waals surface area contributed by atoms with Crippen LogP contribution in [0.15, 0.2) is 24.3 Å². The van der Waals surface area contributed by atoms with Gasteiger partial charge in [0.1, 0.15) is 5.82 Å². The first-order valence-electron chi connectivity index (χ1n) is 6.93. The number of ether oxygens (including phenoxy) is 1. The van der Waals surface area contributed by atoms with Gasteiger partial charge in [0.05, 0.1) is 6.61 Å². The number of halogens is 1. The molecule has 0 radical (unpaired) electrons. The van der Waals surface area contributed by atoms with Gasteiger partial charge in [0.25, 0.3) is 0 Å². The maximum absolute atomic E-state index is 13.8. The van der Waals surface area contributed by atoms with E-state index in [1.807, 2.05) is 33.0 Å². The van der Waals surface area contributed by atoms with Crippen LogP contribution in [-0.2, 0) is 4.74 Å². The molecular weight excluding hydrogens is 243 g/mol. The van der Waals surface area contributed by atoms with Gasteiger partial charge in [-0.15, -0.1) is 0 Å². The number of hydrogen-bond donors (Lipinski definition) is 1. The summed E-state index contributed by atoms with van der Waals surface area (Å²) in [4.78, 5) is 2.16. The van der Waals surface area contributed by atoms with Gasteiger partial charge in [0.2, 0.25) is 0 Å². The molecule has 0 aliphatic rings. The standard InChI is InChI=1S/C15H25FN2O/c1-4-17-15(12-18(3)10-11-19-5-2)13-8-6-7-9-14(13)16/h6-9,15,17H,4-5,10-12H2,1-3H3. The maximum Gasteiger partial charge on any atom is 0.128 e. The van der Waals surface area contributed by atoms with Crippen molar-refractivity contribution in [2.75, 3.05) is 39.9 Å². The Hall–Kier alpha value is -0.970. The van der Waals surface area contributed by atoms with Crippen LogP contribution in [0.3, 0.4) is 0 Å². The highest BCUT2D eigenvalue weighted by Crippen LogP contribution is 2.17. The van der Waals surface area contributed by atoms with Crippen LogP contribution >= 0.6 is 0 Å². The zero-order valence-corrected chi connectivity index (χ0v) is 12.2. The Bertz CT molecular complexity index is 360. The molecule has 19 heavy (non-hydrogen) atoms. The zero-order chi connectivity index (χ0) is 14.1. The van der Waals surface area contributed by atoms with Crippen molar-refractivity contribution in [3.05, 3.63) is 35.6 Å². The minimum Gasteiger partial charge on any atom is -0.380 e. The van der Waals surface area contributed by atoms with Crippen LogP contribution in [0.1, 0.15) is 25.5 Å². The molecule has 3 nitrogen and oxygen atoms in total. The summed E-state index contributed by atoms with van der Waals surface area (Å²) < 4.78 is 19.2. The lowest BCUT2D eigenvalue weighted by Gasteiger charge is -2.25. The first-order chi connectivity index (χ1) is 9.19. The number of benzene rings is 1.